The van der Waals surface area contributed by atoms with Crippen LogP contribution < -0.4 is 14.8 Å². The normalized spacial score (nSPS) is 19.1. The minimum atomic E-state index is -0.449. The highest BCUT2D eigenvalue weighted by Crippen LogP contribution is 2.34. The van der Waals surface area contributed by atoms with Gasteiger partial charge in [0.2, 0.25) is 0 Å². The van der Waals surface area contributed by atoms with Crippen molar-refractivity contribution in [1.82, 2.24) is 5.32 Å². The molecule has 0 aromatic heterocycles. The van der Waals surface area contributed by atoms with Crippen LogP contribution in [0, 0.1) is 5.82 Å². The summed E-state index contributed by atoms with van der Waals surface area (Å²) in [6.07, 6.45) is 1.73. The first-order valence-corrected chi connectivity index (χ1v) is 8.92. The third kappa shape index (κ3) is 3.54. The summed E-state index contributed by atoms with van der Waals surface area (Å²) in [7, 11) is 0. The number of carbonyl (C=O) groups excluding carboxylic acids is 1. The minimum absolute atomic E-state index is 0.259. The largest absolute Gasteiger partial charge is 0.486 e. The highest BCUT2D eigenvalue weighted by Gasteiger charge is 2.24. The van der Waals surface area contributed by atoms with E-state index in [0.717, 1.165) is 17.3 Å². The predicted octanol–water partition coefficient (Wildman–Crippen LogP) is 4.14. The fourth-order valence-electron chi connectivity index (χ4n) is 2.46. The molecule has 2 aromatic rings. The topological polar surface area (TPSA) is 59.9 Å². The van der Waals surface area contributed by atoms with Gasteiger partial charge in [-0.25, -0.2) is 9.38 Å². The molecule has 1 N–H and O–H groups in total. The molecule has 1 fully saturated rings. The Morgan fingerprint density at radius 3 is 2.81 bits per heavy atom. The number of amides is 1. The monoisotopic (exact) mass is 390 g/mol. The van der Waals surface area contributed by atoms with Crippen LogP contribution in [-0.2, 0) is 4.79 Å². The number of rotatable bonds is 2. The van der Waals surface area contributed by atoms with Crippen molar-refractivity contribution in [2.45, 2.75) is 0 Å². The highest BCUT2D eigenvalue weighted by molar-refractivity contribution is 8.18. The van der Waals surface area contributed by atoms with Gasteiger partial charge in [-0.05, 0) is 47.7 Å². The Morgan fingerprint density at radius 1 is 1.15 bits per heavy atom. The van der Waals surface area contributed by atoms with Crippen LogP contribution in [0.15, 0.2) is 46.3 Å². The van der Waals surface area contributed by atoms with Crippen molar-refractivity contribution < 1.29 is 18.7 Å². The summed E-state index contributed by atoms with van der Waals surface area (Å²) >= 11 is 7.17. The van der Waals surface area contributed by atoms with Crippen LogP contribution in [0.25, 0.3) is 6.08 Å². The van der Waals surface area contributed by atoms with Crippen molar-refractivity contribution >= 4 is 46.2 Å². The molecule has 2 heterocycles. The molecule has 132 valence electrons. The Morgan fingerprint density at radius 2 is 1.96 bits per heavy atom. The first kappa shape index (κ1) is 16.9. The van der Waals surface area contributed by atoms with Crippen molar-refractivity contribution in [3.05, 3.63) is 57.7 Å². The molecule has 0 aliphatic carbocycles. The van der Waals surface area contributed by atoms with E-state index >= 15 is 0 Å². The Hall–Kier alpha value is -2.51. The van der Waals surface area contributed by atoms with Gasteiger partial charge < -0.3 is 14.8 Å². The van der Waals surface area contributed by atoms with E-state index in [1.807, 2.05) is 12.1 Å². The molecule has 8 heteroatoms. The van der Waals surface area contributed by atoms with Crippen molar-refractivity contribution in [2.75, 3.05) is 13.2 Å². The van der Waals surface area contributed by atoms with E-state index in [9.17, 15) is 9.18 Å². The molecular formula is C18H12ClFN2O3S. The third-order valence-corrected chi connectivity index (χ3v) is 4.87. The summed E-state index contributed by atoms with van der Waals surface area (Å²) in [5, 5.41) is 3.29. The van der Waals surface area contributed by atoms with Crippen molar-refractivity contribution in [3.63, 3.8) is 0 Å². The summed E-state index contributed by atoms with van der Waals surface area (Å²) in [5.74, 6) is 0.602. The van der Waals surface area contributed by atoms with Gasteiger partial charge in [0.15, 0.2) is 16.7 Å². The standard InChI is InChI=1S/C18H12ClFN2O3S/c19-12-3-2-11(20)9-13(12)21-18-22-17(23)16(26-18)8-10-1-4-14-15(7-10)25-6-5-24-14/h1-4,7-9H,5-6H2,(H,21,22,23). The first-order chi connectivity index (χ1) is 12.6. The molecular weight excluding hydrogens is 379 g/mol. The molecule has 0 saturated carbocycles. The smallest absolute Gasteiger partial charge is 0.264 e. The van der Waals surface area contributed by atoms with Crippen LogP contribution in [0.4, 0.5) is 10.1 Å². The van der Waals surface area contributed by atoms with Gasteiger partial charge in [-0.1, -0.05) is 17.7 Å². The fraction of sp³-hybridized carbons (Fsp3) is 0.111. The number of benzene rings is 2. The highest BCUT2D eigenvalue weighted by atomic mass is 35.5. The summed E-state index contributed by atoms with van der Waals surface area (Å²) in [4.78, 5) is 16.9. The molecule has 0 spiro atoms. The van der Waals surface area contributed by atoms with Crippen LogP contribution >= 0.6 is 23.4 Å². The minimum Gasteiger partial charge on any atom is -0.486 e. The molecule has 1 saturated heterocycles. The molecule has 2 aliphatic rings. The van der Waals surface area contributed by atoms with E-state index in [-0.39, 0.29) is 11.6 Å². The molecule has 0 bridgehead atoms. The number of thioether (sulfide) groups is 1. The summed E-state index contributed by atoms with van der Waals surface area (Å²) < 4.78 is 24.4. The fourth-order valence-corrected chi connectivity index (χ4v) is 3.46. The van der Waals surface area contributed by atoms with Gasteiger partial charge in [0.1, 0.15) is 19.0 Å². The molecule has 0 atom stereocenters. The molecule has 4 rings (SSSR count). The number of hydrogen-bond acceptors (Lipinski definition) is 5. The van der Waals surface area contributed by atoms with Gasteiger partial charge in [0.05, 0.1) is 15.6 Å². The summed E-state index contributed by atoms with van der Waals surface area (Å²) in [6, 6.07) is 9.34. The number of halogens is 2. The lowest BCUT2D eigenvalue weighted by Crippen LogP contribution is -2.19. The van der Waals surface area contributed by atoms with Crippen molar-refractivity contribution in [3.8, 4) is 11.5 Å². The predicted molar refractivity (Wildman–Crippen MR) is 99.6 cm³/mol. The van der Waals surface area contributed by atoms with Gasteiger partial charge in [0, 0.05) is 6.07 Å². The van der Waals surface area contributed by atoms with Gasteiger partial charge in [0.25, 0.3) is 5.91 Å². The first-order valence-electron chi connectivity index (χ1n) is 7.73. The van der Waals surface area contributed by atoms with Crippen LogP contribution in [0.5, 0.6) is 11.5 Å². The number of hydrogen-bond donors (Lipinski definition) is 1. The second-order valence-electron chi connectivity index (χ2n) is 5.48. The molecule has 1 amide bonds. The Labute approximate surface area is 157 Å². The lowest BCUT2D eigenvalue weighted by molar-refractivity contribution is -0.115. The zero-order valence-electron chi connectivity index (χ0n) is 13.3. The number of aliphatic imine (C=N–C) groups is 1. The van der Waals surface area contributed by atoms with Crippen LogP contribution in [0.3, 0.4) is 0 Å². The van der Waals surface area contributed by atoms with Crippen LogP contribution in [0.1, 0.15) is 5.56 Å². The lowest BCUT2D eigenvalue weighted by Gasteiger charge is -2.18. The average molecular weight is 391 g/mol. The maximum Gasteiger partial charge on any atom is 0.264 e. The number of ether oxygens (including phenoxy) is 2. The second kappa shape index (κ2) is 7.01. The maximum atomic E-state index is 13.3. The van der Waals surface area contributed by atoms with Gasteiger partial charge in [-0.3, -0.25) is 4.79 Å². The maximum absolute atomic E-state index is 13.3. The van der Waals surface area contributed by atoms with Gasteiger partial charge in [-0.2, -0.15) is 0 Å². The Balaban J connectivity index is 1.59. The molecule has 0 unspecified atom stereocenters. The summed E-state index contributed by atoms with van der Waals surface area (Å²) in [6.45, 7) is 1.02. The van der Waals surface area contributed by atoms with Gasteiger partial charge >= 0.3 is 0 Å². The lowest BCUT2D eigenvalue weighted by atomic mass is 10.2. The zero-order valence-corrected chi connectivity index (χ0v) is 14.9. The number of amidine groups is 1. The van der Waals surface area contributed by atoms with E-state index in [2.05, 4.69) is 10.3 Å². The van der Waals surface area contributed by atoms with Crippen molar-refractivity contribution in [2.24, 2.45) is 4.99 Å². The SMILES string of the molecule is O=C1NC(=Nc2cc(F)ccc2Cl)SC1=Cc1ccc2c(c1)OCCO2. The van der Waals surface area contributed by atoms with E-state index in [1.165, 1.54) is 18.2 Å². The molecule has 2 aliphatic heterocycles. The quantitative estimate of drug-likeness (QED) is 0.783. The molecule has 2 aromatic carbocycles. The van der Waals surface area contributed by atoms with E-state index in [0.29, 0.717) is 39.8 Å². The molecule has 5 nitrogen and oxygen atoms in total. The van der Waals surface area contributed by atoms with Crippen LogP contribution in [-0.4, -0.2) is 24.3 Å². The summed E-state index contributed by atoms with van der Waals surface area (Å²) in [5.41, 5.74) is 1.06. The van der Waals surface area contributed by atoms with E-state index in [1.54, 1.807) is 12.1 Å². The number of carbonyl (C=O) groups is 1. The van der Waals surface area contributed by atoms with Crippen molar-refractivity contribution in [1.29, 1.82) is 0 Å². The molecule has 26 heavy (non-hydrogen) atoms. The Kier molecular flexibility index (Phi) is 4.57. The second-order valence-corrected chi connectivity index (χ2v) is 6.92. The third-order valence-electron chi connectivity index (χ3n) is 3.65. The van der Waals surface area contributed by atoms with Gasteiger partial charge in [-0.15, -0.1) is 0 Å². The Bertz CT molecular complexity index is 961. The molecule has 0 radical (unpaired) electrons. The van der Waals surface area contributed by atoms with E-state index < -0.39 is 5.82 Å². The number of fused-ring (bicyclic) bond motifs is 1. The number of nitrogens with one attached hydrogen (secondary N) is 1. The average Bonchev–Trinajstić information content (AvgIpc) is 2.97. The zero-order chi connectivity index (χ0) is 18.1. The van der Waals surface area contributed by atoms with E-state index in [4.69, 9.17) is 21.1 Å². The van der Waals surface area contributed by atoms with Crippen LogP contribution in [0.2, 0.25) is 5.02 Å². The number of nitrogens with zero attached hydrogens (tertiary/aromatic N) is 1.